The largest absolute Gasteiger partial charge is 0.494 e. The predicted octanol–water partition coefficient (Wildman–Crippen LogP) is 4.24. The van der Waals surface area contributed by atoms with Crippen molar-refractivity contribution in [1.29, 1.82) is 0 Å². The van der Waals surface area contributed by atoms with E-state index in [0.717, 1.165) is 17.7 Å². The van der Waals surface area contributed by atoms with Gasteiger partial charge in [-0.05, 0) is 64.2 Å². The lowest BCUT2D eigenvalue weighted by Gasteiger charge is -2.14. The first-order valence-corrected chi connectivity index (χ1v) is 9.04. The predicted molar refractivity (Wildman–Crippen MR) is 96.4 cm³/mol. The summed E-state index contributed by atoms with van der Waals surface area (Å²) in [6.45, 7) is 6.29. The number of amides is 1. The minimum atomic E-state index is -0.0350. The first kappa shape index (κ1) is 18.5. The topological polar surface area (TPSA) is 47.6 Å². The van der Waals surface area contributed by atoms with E-state index in [9.17, 15) is 4.79 Å². The number of carbonyl (C=O) groups is 1. The van der Waals surface area contributed by atoms with Gasteiger partial charge in [-0.25, -0.2) is 0 Å². The molecule has 1 aliphatic rings. The molecule has 4 nitrogen and oxygen atoms in total. The van der Waals surface area contributed by atoms with Crippen molar-refractivity contribution in [1.82, 2.24) is 5.32 Å². The molecule has 0 aliphatic heterocycles. The van der Waals surface area contributed by atoms with Gasteiger partial charge in [-0.1, -0.05) is 11.6 Å². The number of benzene rings is 1. The molecular formula is C20H29NO3. The summed E-state index contributed by atoms with van der Waals surface area (Å²) in [5, 5.41) is 3.02. The zero-order valence-electron chi connectivity index (χ0n) is 14.9. The van der Waals surface area contributed by atoms with Crippen LogP contribution in [0.1, 0.15) is 61.9 Å². The number of carbonyl (C=O) groups excluding carboxylic acids is 1. The molecule has 0 radical (unpaired) electrons. The lowest BCUT2D eigenvalue weighted by atomic mass is 9.97. The second-order valence-corrected chi connectivity index (χ2v) is 6.01. The number of nitrogens with one attached hydrogen (secondary N) is 1. The van der Waals surface area contributed by atoms with Crippen molar-refractivity contribution in [3.8, 4) is 5.75 Å². The highest BCUT2D eigenvalue weighted by molar-refractivity contribution is 5.94. The SMILES string of the molecule is CCOCc1cc(C(=O)NCCC2=CCCCC2)ccc1OCC. The summed E-state index contributed by atoms with van der Waals surface area (Å²) in [6.07, 6.45) is 8.21. The first-order valence-electron chi connectivity index (χ1n) is 9.04. The average molecular weight is 331 g/mol. The minimum absolute atomic E-state index is 0.0350. The van der Waals surface area contributed by atoms with E-state index in [1.807, 2.05) is 32.0 Å². The Morgan fingerprint density at radius 3 is 2.79 bits per heavy atom. The van der Waals surface area contributed by atoms with Crippen LogP contribution in [0, 0.1) is 0 Å². The molecule has 0 aromatic heterocycles. The Kier molecular flexibility index (Phi) is 7.83. The number of ether oxygens (including phenoxy) is 2. The molecule has 132 valence electrons. The van der Waals surface area contributed by atoms with Crippen LogP contribution in [0.15, 0.2) is 29.8 Å². The van der Waals surface area contributed by atoms with E-state index >= 15 is 0 Å². The highest BCUT2D eigenvalue weighted by Gasteiger charge is 2.11. The van der Waals surface area contributed by atoms with Gasteiger partial charge in [0.15, 0.2) is 0 Å². The van der Waals surface area contributed by atoms with Crippen LogP contribution in [0.3, 0.4) is 0 Å². The van der Waals surface area contributed by atoms with Crippen LogP contribution < -0.4 is 10.1 Å². The lowest BCUT2D eigenvalue weighted by Crippen LogP contribution is -2.25. The monoisotopic (exact) mass is 331 g/mol. The maximum Gasteiger partial charge on any atom is 0.251 e. The van der Waals surface area contributed by atoms with Crippen molar-refractivity contribution in [2.24, 2.45) is 0 Å². The molecule has 4 heteroatoms. The number of hydrogen-bond donors (Lipinski definition) is 1. The van der Waals surface area contributed by atoms with Gasteiger partial charge < -0.3 is 14.8 Å². The Morgan fingerprint density at radius 1 is 1.21 bits per heavy atom. The normalized spacial score (nSPS) is 14.2. The standard InChI is InChI=1S/C20H29NO3/c1-3-23-15-18-14-17(10-11-19(18)24-4-2)20(22)21-13-12-16-8-6-5-7-9-16/h8,10-11,14H,3-7,9,12-13,15H2,1-2H3,(H,21,22). The summed E-state index contributed by atoms with van der Waals surface area (Å²) >= 11 is 0. The van der Waals surface area contributed by atoms with E-state index in [1.54, 1.807) is 0 Å². The highest BCUT2D eigenvalue weighted by Crippen LogP contribution is 2.22. The van der Waals surface area contributed by atoms with Crippen molar-refractivity contribution in [2.75, 3.05) is 19.8 Å². The molecule has 0 bridgehead atoms. The summed E-state index contributed by atoms with van der Waals surface area (Å²) in [5.74, 6) is 0.752. The average Bonchev–Trinajstić information content (AvgIpc) is 2.62. The van der Waals surface area contributed by atoms with Gasteiger partial charge in [-0.3, -0.25) is 4.79 Å². The molecule has 1 aromatic carbocycles. The molecule has 1 aliphatic carbocycles. The van der Waals surface area contributed by atoms with E-state index in [4.69, 9.17) is 9.47 Å². The van der Waals surface area contributed by atoms with Gasteiger partial charge in [0.2, 0.25) is 0 Å². The smallest absolute Gasteiger partial charge is 0.251 e. The van der Waals surface area contributed by atoms with Crippen molar-refractivity contribution >= 4 is 5.91 Å². The molecule has 0 saturated carbocycles. The van der Waals surface area contributed by atoms with Gasteiger partial charge in [0, 0.05) is 24.3 Å². The lowest BCUT2D eigenvalue weighted by molar-refractivity contribution is 0.0953. The number of rotatable bonds is 9. The molecular weight excluding hydrogens is 302 g/mol. The van der Waals surface area contributed by atoms with E-state index in [0.29, 0.717) is 31.9 Å². The Balaban J connectivity index is 1.93. The van der Waals surface area contributed by atoms with Crippen LogP contribution in [0.5, 0.6) is 5.75 Å². The van der Waals surface area contributed by atoms with Crippen molar-refractivity contribution in [3.05, 3.63) is 41.0 Å². The van der Waals surface area contributed by atoms with E-state index in [1.165, 1.54) is 31.3 Å². The van der Waals surface area contributed by atoms with Crippen LogP contribution >= 0.6 is 0 Å². The van der Waals surface area contributed by atoms with Gasteiger partial charge in [0.05, 0.1) is 13.2 Å². The summed E-state index contributed by atoms with van der Waals surface area (Å²) in [7, 11) is 0. The fraction of sp³-hybridized carbons (Fsp3) is 0.550. The summed E-state index contributed by atoms with van der Waals surface area (Å²) in [5.41, 5.74) is 3.05. The third-order valence-electron chi connectivity index (χ3n) is 4.20. The molecule has 0 atom stereocenters. The quantitative estimate of drug-likeness (QED) is 0.688. The summed E-state index contributed by atoms with van der Waals surface area (Å²) in [6, 6.07) is 5.54. The molecule has 1 aromatic rings. The van der Waals surface area contributed by atoms with Crippen molar-refractivity contribution in [3.63, 3.8) is 0 Å². The first-order chi connectivity index (χ1) is 11.7. The molecule has 0 fully saturated rings. The van der Waals surface area contributed by atoms with Crippen LogP contribution in [0.2, 0.25) is 0 Å². The third kappa shape index (κ3) is 5.68. The molecule has 2 rings (SSSR count). The number of hydrogen-bond acceptors (Lipinski definition) is 3. The zero-order chi connectivity index (χ0) is 17.2. The minimum Gasteiger partial charge on any atom is -0.494 e. The number of allylic oxidation sites excluding steroid dienone is 1. The maximum atomic E-state index is 12.4. The summed E-state index contributed by atoms with van der Waals surface area (Å²) in [4.78, 5) is 12.4. The van der Waals surface area contributed by atoms with Gasteiger partial charge >= 0.3 is 0 Å². The molecule has 1 N–H and O–H groups in total. The van der Waals surface area contributed by atoms with Gasteiger partial charge in [0.25, 0.3) is 5.91 Å². The van der Waals surface area contributed by atoms with Crippen molar-refractivity contribution < 1.29 is 14.3 Å². The molecule has 0 unspecified atom stereocenters. The fourth-order valence-electron chi connectivity index (χ4n) is 2.91. The van der Waals surface area contributed by atoms with Crippen LogP contribution in [0.25, 0.3) is 0 Å². The summed E-state index contributed by atoms with van der Waals surface area (Å²) < 4.78 is 11.1. The van der Waals surface area contributed by atoms with E-state index in [2.05, 4.69) is 11.4 Å². The van der Waals surface area contributed by atoms with E-state index in [-0.39, 0.29) is 5.91 Å². The van der Waals surface area contributed by atoms with Crippen LogP contribution in [-0.2, 0) is 11.3 Å². The molecule has 24 heavy (non-hydrogen) atoms. The zero-order valence-corrected chi connectivity index (χ0v) is 14.9. The third-order valence-corrected chi connectivity index (χ3v) is 4.20. The van der Waals surface area contributed by atoms with Crippen LogP contribution in [-0.4, -0.2) is 25.7 Å². The second-order valence-electron chi connectivity index (χ2n) is 6.01. The Morgan fingerprint density at radius 2 is 2.08 bits per heavy atom. The maximum absolute atomic E-state index is 12.4. The van der Waals surface area contributed by atoms with Crippen molar-refractivity contribution in [2.45, 2.75) is 52.6 Å². The second kappa shape index (κ2) is 10.1. The van der Waals surface area contributed by atoms with Gasteiger partial charge in [-0.2, -0.15) is 0 Å². The highest BCUT2D eigenvalue weighted by atomic mass is 16.5. The molecule has 1 amide bonds. The Labute approximate surface area is 145 Å². The Hall–Kier alpha value is -1.81. The Bertz CT molecular complexity index is 566. The van der Waals surface area contributed by atoms with Gasteiger partial charge in [0.1, 0.15) is 5.75 Å². The fourth-order valence-corrected chi connectivity index (χ4v) is 2.91. The molecule has 0 spiro atoms. The van der Waals surface area contributed by atoms with Crippen LogP contribution in [0.4, 0.5) is 0 Å². The molecule has 0 heterocycles. The van der Waals surface area contributed by atoms with E-state index < -0.39 is 0 Å². The van der Waals surface area contributed by atoms with Gasteiger partial charge in [-0.15, -0.1) is 0 Å². The molecule has 0 saturated heterocycles.